The zero-order valence-corrected chi connectivity index (χ0v) is 20.5. The number of pyridine rings is 1. The molecule has 198 valence electrons. The Hall–Kier alpha value is -4.02. The van der Waals surface area contributed by atoms with Gasteiger partial charge in [-0.15, -0.1) is 13.2 Å². The first-order valence-electron chi connectivity index (χ1n) is 11.3. The summed E-state index contributed by atoms with van der Waals surface area (Å²) in [5.74, 6) is -0.824. The van der Waals surface area contributed by atoms with E-state index in [2.05, 4.69) is 26.8 Å². The van der Waals surface area contributed by atoms with E-state index in [4.69, 9.17) is 16.3 Å². The number of aliphatic hydroxyl groups is 1. The first-order chi connectivity index (χ1) is 17.9. The van der Waals surface area contributed by atoms with Crippen molar-refractivity contribution in [1.29, 1.82) is 0 Å². The lowest BCUT2D eigenvalue weighted by molar-refractivity contribution is -0.274. The Balaban J connectivity index is 1.62. The molecule has 0 saturated heterocycles. The van der Waals surface area contributed by atoms with Crippen molar-refractivity contribution < 1.29 is 27.8 Å². The zero-order valence-electron chi connectivity index (χ0n) is 19.8. The Morgan fingerprint density at radius 2 is 2.00 bits per heavy atom. The van der Waals surface area contributed by atoms with Crippen LogP contribution in [0.2, 0.25) is 5.02 Å². The molecule has 3 aromatic heterocycles. The predicted octanol–water partition coefficient (Wildman–Crippen LogP) is 3.20. The molecule has 1 aliphatic rings. The summed E-state index contributed by atoms with van der Waals surface area (Å²) in [6.45, 7) is -0.0604. The molecule has 1 aromatic carbocycles. The lowest BCUT2D eigenvalue weighted by atomic mass is 10.2. The van der Waals surface area contributed by atoms with Gasteiger partial charge in [-0.25, -0.2) is 4.79 Å². The number of aromatic nitrogens is 5. The molecular formula is C24H19ClF3N5O5. The van der Waals surface area contributed by atoms with Gasteiger partial charge in [-0.3, -0.25) is 23.5 Å². The predicted molar refractivity (Wildman–Crippen MR) is 127 cm³/mol. The minimum absolute atomic E-state index is 0.000116. The molecule has 10 nitrogen and oxygen atoms in total. The lowest BCUT2D eigenvalue weighted by Crippen LogP contribution is -2.40. The molecule has 0 aliphatic heterocycles. The van der Waals surface area contributed by atoms with Crippen molar-refractivity contribution in [2.75, 3.05) is 0 Å². The minimum Gasteiger partial charge on any atom is -0.425 e. The molecule has 3 heterocycles. The fraction of sp³-hybridized carbons (Fsp3) is 0.333. The topological polar surface area (TPSA) is 113 Å². The third-order valence-electron chi connectivity index (χ3n) is 6.05. The molecule has 0 bridgehead atoms. The van der Waals surface area contributed by atoms with Gasteiger partial charge >= 0.3 is 18.1 Å². The van der Waals surface area contributed by atoms with E-state index in [-0.39, 0.29) is 42.4 Å². The number of hydrogen-bond acceptors (Lipinski definition) is 7. The van der Waals surface area contributed by atoms with Gasteiger partial charge in [0.25, 0.3) is 5.56 Å². The van der Waals surface area contributed by atoms with E-state index in [1.165, 1.54) is 23.9 Å². The van der Waals surface area contributed by atoms with Crippen LogP contribution in [0.15, 0.2) is 40.1 Å². The molecule has 1 N–H and O–H groups in total. The van der Waals surface area contributed by atoms with E-state index in [9.17, 15) is 27.9 Å². The first-order valence-corrected chi connectivity index (χ1v) is 11.7. The third kappa shape index (κ3) is 5.32. The van der Waals surface area contributed by atoms with Crippen molar-refractivity contribution in [2.24, 2.45) is 7.05 Å². The van der Waals surface area contributed by atoms with Crippen molar-refractivity contribution in [1.82, 2.24) is 23.7 Å². The van der Waals surface area contributed by atoms with E-state index in [0.29, 0.717) is 23.6 Å². The van der Waals surface area contributed by atoms with Crippen molar-refractivity contribution in [3.8, 4) is 17.5 Å². The quantitative estimate of drug-likeness (QED) is 0.359. The molecule has 14 heteroatoms. The van der Waals surface area contributed by atoms with Crippen LogP contribution >= 0.6 is 11.6 Å². The largest absolute Gasteiger partial charge is 0.573 e. The summed E-state index contributed by atoms with van der Waals surface area (Å²) in [6, 6.07) is 9.72. The van der Waals surface area contributed by atoms with Crippen LogP contribution in [0.3, 0.4) is 0 Å². The maximum atomic E-state index is 13.5. The highest BCUT2D eigenvalue weighted by molar-refractivity contribution is 6.30. The smallest absolute Gasteiger partial charge is 0.425 e. The summed E-state index contributed by atoms with van der Waals surface area (Å²) in [7, 11) is 1.43. The van der Waals surface area contributed by atoms with Crippen LogP contribution in [-0.4, -0.2) is 40.7 Å². The van der Waals surface area contributed by atoms with Crippen LogP contribution in [0.25, 0.3) is 11.2 Å². The summed E-state index contributed by atoms with van der Waals surface area (Å²) in [6.07, 6.45) is -2.14. The van der Waals surface area contributed by atoms with Gasteiger partial charge in [0.05, 0.1) is 22.9 Å². The number of nitrogens with zero attached hydrogens (tertiary/aromatic N) is 5. The van der Waals surface area contributed by atoms with Gasteiger partial charge in [0.1, 0.15) is 5.75 Å². The highest BCUT2D eigenvalue weighted by Gasteiger charge is 2.40. The van der Waals surface area contributed by atoms with Crippen LogP contribution in [0.4, 0.5) is 13.2 Å². The van der Waals surface area contributed by atoms with Gasteiger partial charge in [0.2, 0.25) is 0 Å². The van der Waals surface area contributed by atoms with Gasteiger partial charge in [-0.2, -0.15) is 4.98 Å². The van der Waals surface area contributed by atoms with Gasteiger partial charge in [-0.1, -0.05) is 17.7 Å². The number of ether oxygens (including phenoxy) is 2. The maximum Gasteiger partial charge on any atom is 0.573 e. The average Bonchev–Trinajstić information content (AvgIpc) is 3.48. The number of imidazole rings is 1. The van der Waals surface area contributed by atoms with Gasteiger partial charge < -0.3 is 14.6 Å². The minimum atomic E-state index is -4.95. The Kier molecular flexibility index (Phi) is 6.32. The molecule has 0 spiro atoms. The fourth-order valence-electron chi connectivity index (χ4n) is 3.88. The molecule has 0 unspecified atom stereocenters. The second-order valence-corrected chi connectivity index (χ2v) is 9.30. The number of aryl methyl sites for hydroxylation is 1. The standard InChI is InChI=1S/C24H19ClF3N5O5/c1-31-19-18(20(34)32(22(31)35)10-9-23(36)7-8-23)33(13-15-6-5-14(25)12-29-15)21(30-19)37-16-3-2-4-17(11-16)38-24(26,27)28/h3,5-6,11-12,36H,7-10,13H2,1H3. The van der Waals surface area contributed by atoms with Crippen molar-refractivity contribution in [3.05, 3.63) is 74.1 Å². The summed E-state index contributed by atoms with van der Waals surface area (Å²) < 4.78 is 51.1. The van der Waals surface area contributed by atoms with Crippen LogP contribution in [0.5, 0.6) is 17.5 Å². The number of halogens is 4. The molecule has 1 aliphatic carbocycles. The van der Waals surface area contributed by atoms with Crippen molar-refractivity contribution in [2.45, 2.75) is 44.3 Å². The number of fused-ring (bicyclic) bond motifs is 1. The van der Waals surface area contributed by atoms with Gasteiger partial charge in [0, 0.05) is 31.9 Å². The van der Waals surface area contributed by atoms with Crippen molar-refractivity contribution >= 4 is 22.8 Å². The molecular weight excluding hydrogens is 531 g/mol. The molecule has 0 radical (unpaired) electrons. The summed E-state index contributed by atoms with van der Waals surface area (Å²) in [4.78, 5) is 35.1. The average molecular weight is 550 g/mol. The second-order valence-electron chi connectivity index (χ2n) is 8.87. The molecule has 4 aromatic rings. The Morgan fingerprint density at radius 1 is 1.24 bits per heavy atom. The first kappa shape index (κ1) is 25.6. The zero-order chi connectivity index (χ0) is 27.2. The van der Waals surface area contributed by atoms with Crippen LogP contribution < -0.4 is 20.7 Å². The van der Waals surface area contributed by atoms with Gasteiger partial charge in [0.15, 0.2) is 16.9 Å². The third-order valence-corrected chi connectivity index (χ3v) is 6.28. The SMILES string of the molecule is Cn1c(=O)n(CCC2(O)CC2)c(=O)c2c1nc(Oc1cc#cc(OC(F)(F)F)c1)n2Cc1ccc(Cl)cn1. The van der Waals surface area contributed by atoms with Crippen LogP contribution in [-0.2, 0) is 20.1 Å². The van der Waals surface area contributed by atoms with Crippen molar-refractivity contribution in [3.63, 3.8) is 0 Å². The Labute approximate surface area is 217 Å². The highest BCUT2D eigenvalue weighted by atomic mass is 35.5. The molecule has 0 atom stereocenters. The molecule has 38 heavy (non-hydrogen) atoms. The molecule has 5 rings (SSSR count). The number of hydrogen-bond donors (Lipinski definition) is 1. The molecule has 1 saturated carbocycles. The normalized spacial score (nSPS) is 14.4. The fourth-order valence-corrected chi connectivity index (χ4v) is 3.99. The molecule has 1 fully saturated rings. The van der Waals surface area contributed by atoms with E-state index in [0.717, 1.165) is 15.2 Å². The second kappa shape index (κ2) is 9.38. The summed E-state index contributed by atoms with van der Waals surface area (Å²) >= 11 is 5.93. The maximum absolute atomic E-state index is 13.5. The lowest BCUT2D eigenvalue weighted by Gasteiger charge is -2.12. The van der Waals surface area contributed by atoms with Crippen LogP contribution in [0.1, 0.15) is 25.0 Å². The monoisotopic (exact) mass is 549 g/mol. The van der Waals surface area contributed by atoms with Crippen LogP contribution in [0, 0.1) is 12.1 Å². The molecule has 0 amide bonds. The Morgan fingerprint density at radius 3 is 2.66 bits per heavy atom. The summed E-state index contributed by atoms with van der Waals surface area (Å²) in [5, 5.41) is 10.6. The Bertz CT molecular complexity index is 1620. The highest BCUT2D eigenvalue weighted by Crippen LogP contribution is 2.38. The van der Waals surface area contributed by atoms with E-state index < -0.39 is 29.0 Å². The number of alkyl halides is 3. The summed E-state index contributed by atoms with van der Waals surface area (Å²) in [5.41, 5.74) is -1.75. The number of rotatable bonds is 8. The van der Waals surface area contributed by atoms with E-state index in [1.54, 1.807) is 12.1 Å². The van der Waals surface area contributed by atoms with E-state index in [1.807, 2.05) is 0 Å². The van der Waals surface area contributed by atoms with E-state index >= 15 is 0 Å². The van der Waals surface area contributed by atoms with Gasteiger partial charge in [-0.05, 0) is 37.5 Å².